The van der Waals surface area contributed by atoms with Crippen LogP contribution in [0, 0.1) is 0 Å². The molecule has 1 atom stereocenters. The summed E-state index contributed by atoms with van der Waals surface area (Å²) in [6, 6.07) is 5.17. The molecule has 3 rings (SSSR count). The van der Waals surface area contributed by atoms with Crippen LogP contribution in [-0.2, 0) is 0 Å². The van der Waals surface area contributed by atoms with E-state index in [1.54, 1.807) is 17.4 Å². The van der Waals surface area contributed by atoms with Crippen molar-refractivity contribution in [2.45, 2.75) is 25.2 Å². The van der Waals surface area contributed by atoms with Gasteiger partial charge in [-0.1, -0.05) is 0 Å². The van der Waals surface area contributed by atoms with Gasteiger partial charge in [-0.3, -0.25) is 4.79 Å². The highest BCUT2D eigenvalue weighted by atomic mass is 19.4. The first-order chi connectivity index (χ1) is 11.4. The first-order valence-electron chi connectivity index (χ1n) is 7.55. The van der Waals surface area contributed by atoms with Crippen LogP contribution >= 0.6 is 0 Å². The van der Waals surface area contributed by atoms with Gasteiger partial charge in [-0.15, -0.1) is 13.2 Å². The lowest BCUT2D eigenvalue weighted by molar-refractivity contribution is -0.274. The number of nitrogens with zero attached hydrogens (tertiary/aromatic N) is 3. The summed E-state index contributed by atoms with van der Waals surface area (Å²) in [7, 11) is 0. The number of alkyl halides is 3. The maximum absolute atomic E-state index is 12.5. The molecule has 1 amide bonds. The third-order valence-electron chi connectivity index (χ3n) is 3.97. The van der Waals surface area contributed by atoms with Gasteiger partial charge in [0.25, 0.3) is 5.91 Å². The van der Waals surface area contributed by atoms with Crippen LogP contribution in [0.5, 0.6) is 5.75 Å². The Balaban J connectivity index is 1.67. The molecule has 128 valence electrons. The van der Waals surface area contributed by atoms with Crippen molar-refractivity contribution < 1.29 is 22.7 Å². The van der Waals surface area contributed by atoms with Crippen LogP contribution in [-0.4, -0.2) is 39.8 Å². The Hall–Kier alpha value is -2.51. The number of piperidine rings is 1. The Bertz CT molecular complexity index is 684. The van der Waals surface area contributed by atoms with Crippen molar-refractivity contribution in [3.63, 3.8) is 0 Å². The van der Waals surface area contributed by atoms with E-state index in [1.165, 1.54) is 12.1 Å². The Morgan fingerprint density at radius 1 is 1.25 bits per heavy atom. The zero-order chi connectivity index (χ0) is 17.2. The maximum atomic E-state index is 12.5. The maximum Gasteiger partial charge on any atom is 0.573 e. The summed E-state index contributed by atoms with van der Waals surface area (Å²) in [6.07, 6.45) is 2.36. The fourth-order valence-corrected chi connectivity index (χ4v) is 2.85. The van der Waals surface area contributed by atoms with Gasteiger partial charge < -0.3 is 14.2 Å². The Morgan fingerprint density at radius 3 is 2.62 bits per heavy atom. The third kappa shape index (κ3) is 3.87. The van der Waals surface area contributed by atoms with Crippen molar-refractivity contribution in [1.82, 2.24) is 14.5 Å². The summed E-state index contributed by atoms with van der Waals surface area (Å²) in [5, 5.41) is 0. The summed E-state index contributed by atoms with van der Waals surface area (Å²) in [4.78, 5) is 18.3. The van der Waals surface area contributed by atoms with Crippen LogP contribution in [0.1, 0.15) is 29.2 Å². The topological polar surface area (TPSA) is 47.4 Å². The van der Waals surface area contributed by atoms with Crippen LogP contribution in [0.3, 0.4) is 0 Å². The minimum atomic E-state index is -4.74. The normalized spacial score (nSPS) is 18.5. The highest BCUT2D eigenvalue weighted by molar-refractivity contribution is 5.94. The molecule has 1 aromatic carbocycles. The lowest BCUT2D eigenvalue weighted by Gasteiger charge is -2.33. The molecule has 0 bridgehead atoms. The summed E-state index contributed by atoms with van der Waals surface area (Å²) in [6.45, 7) is 1.18. The van der Waals surface area contributed by atoms with Gasteiger partial charge in [0.15, 0.2) is 0 Å². The van der Waals surface area contributed by atoms with Gasteiger partial charge in [-0.25, -0.2) is 4.98 Å². The van der Waals surface area contributed by atoms with Crippen molar-refractivity contribution >= 4 is 5.91 Å². The monoisotopic (exact) mass is 339 g/mol. The van der Waals surface area contributed by atoms with Crippen molar-refractivity contribution in [2.24, 2.45) is 0 Å². The van der Waals surface area contributed by atoms with Crippen LogP contribution in [0.2, 0.25) is 0 Å². The third-order valence-corrected chi connectivity index (χ3v) is 3.97. The quantitative estimate of drug-likeness (QED) is 0.862. The van der Waals surface area contributed by atoms with Gasteiger partial charge in [-0.05, 0) is 37.1 Å². The predicted molar refractivity (Wildman–Crippen MR) is 79.5 cm³/mol. The largest absolute Gasteiger partial charge is 0.573 e. The number of likely N-dealkylation sites (tertiary alicyclic amines) is 1. The van der Waals surface area contributed by atoms with Crippen LogP contribution in [0.15, 0.2) is 43.0 Å². The molecule has 0 radical (unpaired) electrons. The summed E-state index contributed by atoms with van der Waals surface area (Å²) in [5.41, 5.74) is 0.343. The Labute approximate surface area is 136 Å². The molecule has 0 aliphatic carbocycles. The van der Waals surface area contributed by atoms with Gasteiger partial charge in [0.2, 0.25) is 0 Å². The van der Waals surface area contributed by atoms with E-state index in [2.05, 4.69) is 9.72 Å². The molecule has 0 saturated carbocycles. The first-order valence-corrected chi connectivity index (χ1v) is 7.55. The van der Waals surface area contributed by atoms with E-state index in [0.29, 0.717) is 18.7 Å². The number of ether oxygens (including phenoxy) is 1. The van der Waals surface area contributed by atoms with E-state index in [9.17, 15) is 18.0 Å². The lowest BCUT2D eigenvalue weighted by Crippen LogP contribution is -2.40. The van der Waals surface area contributed by atoms with E-state index in [1.807, 2.05) is 10.8 Å². The number of hydrogen-bond donors (Lipinski definition) is 0. The number of hydrogen-bond acceptors (Lipinski definition) is 3. The van der Waals surface area contributed by atoms with Gasteiger partial charge in [0.05, 0.1) is 12.4 Å². The molecule has 24 heavy (non-hydrogen) atoms. The molecule has 2 heterocycles. The van der Waals surface area contributed by atoms with Crippen molar-refractivity contribution in [3.05, 3.63) is 48.5 Å². The van der Waals surface area contributed by atoms with Gasteiger partial charge in [-0.2, -0.15) is 0 Å². The van der Waals surface area contributed by atoms with E-state index < -0.39 is 6.36 Å². The average molecular weight is 339 g/mol. The first kappa shape index (κ1) is 16.4. The molecule has 1 fully saturated rings. The van der Waals surface area contributed by atoms with Crippen LogP contribution < -0.4 is 4.74 Å². The number of benzene rings is 1. The predicted octanol–water partition coefficient (Wildman–Crippen LogP) is 3.26. The minimum absolute atomic E-state index is 0.165. The molecule has 1 saturated heterocycles. The van der Waals surface area contributed by atoms with E-state index in [4.69, 9.17) is 0 Å². The summed E-state index contributed by atoms with van der Waals surface area (Å²) in [5.74, 6) is -0.535. The average Bonchev–Trinajstić information content (AvgIpc) is 3.08. The van der Waals surface area contributed by atoms with Gasteiger partial charge in [0.1, 0.15) is 5.75 Å². The highest BCUT2D eigenvalue weighted by Gasteiger charge is 2.31. The molecule has 8 heteroatoms. The molecule has 1 aromatic heterocycles. The Morgan fingerprint density at radius 2 is 2.00 bits per heavy atom. The molecule has 1 aliphatic rings. The van der Waals surface area contributed by atoms with Crippen molar-refractivity contribution in [2.75, 3.05) is 13.1 Å². The van der Waals surface area contributed by atoms with Crippen molar-refractivity contribution in [3.8, 4) is 5.75 Å². The number of rotatable bonds is 3. The standard InChI is InChI=1S/C16H16F3N3O2/c17-16(18,19)24-14-5-3-12(4-6-14)15(23)21-8-1-2-13(10-21)22-9-7-20-11-22/h3-7,9,11,13H,1-2,8,10H2/t13-/m1/s1. The second-order valence-electron chi connectivity index (χ2n) is 5.63. The van der Waals surface area contributed by atoms with E-state index in [0.717, 1.165) is 25.0 Å². The second-order valence-corrected chi connectivity index (χ2v) is 5.63. The number of amides is 1. The fraction of sp³-hybridized carbons (Fsp3) is 0.375. The zero-order valence-electron chi connectivity index (χ0n) is 12.7. The minimum Gasteiger partial charge on any atom is -0.406 e. The molecule has 0 unspecified atom stereocenters. The molecule has 1 aliphatic heterocycles. The van der Waals surface area contributed by atoms with Crippen molar-refractivity contribution in [1.29, 1.82) is 0 Å². The molecule has 5 nitrogen and oxygen atoms in total. The number of aromatic nitrogens is 2. The molecule has 0 spiro atoms. The lowest BCUT2D eigenvalue weighted by atomic mass is 10.0. The van der Waals surface area contributed by atoms with Crippen LogP contribution in [0.4, 0.5) is 13.2 Å². The van der Waals surface area contributed by atoms with Gasteiger partial charge >= 0.3 is 6.36 Å². The number of carbonyl (C=O) groups is 1. The molecular formula is C16H16F3N3O2. The van der Waals surface area contributed by atoms with E-state index in [-0.39, 0.29) is 17.7 Å². The number of halogens is 3. The Kier molecular flexibility index (Phi) is 4.46. The van der Waals surface area contributed by atoms with E-state index >= 15 is 0 Å². The fourth-order valence-electron chi connectivity index (χ4n) is 2.85. The number of carbonyl (C=O) groups excluding carboxylic acids is 1. The SMILES string of the molecule is O=C(c1ccc(OC(F)(F)F)cc1)N1CCC[C@@H](n2ccnc2)C1. The summed E-state index contributed by atoms with van der Waals surface area (Å²) >= 11 is 0. The van der Waals surface area contributed by atoms with Crippen LogP contribution in [0.25, 0.3) is 0 Å². The highest BCUT2D eigenvalue weighted by Crippen LogP contribution is 2.25. The second kappa shape index (κ2) is 6.54. The molecular weight excluding hydrogens is 323 g/mol. The summed E-state index contributed by atoms with van der Waals surface area (Å²) < 4.78 is 42.3. The zero-order valence-corrected chi connectivity index (χ0v) is 12.7. The van der Waals surface area contributed by atoms with Gasteiger partial charge in [0, 0.05) is 31.0 Å². The smallest absolute Gasteiger partial charge is 0.406 e. The number of imidazole rings is 1. The molecule has 0 N–H and O–H groups in total. The molecule has 2 aromatic rings.